The summed E-state index contributed by atoms with van der Waals surface area (Å²) >= 11 is 1.70. The summed E-state index contributed by atoms with van der Waals surface area (Å²) in [6.45, 7) is 3.20. The number of fused-ring (bicyclic) bond motifs is 2. The lowest BCUT2D eigenvalue weighted by molar-refractivity contribution is -0.885. The van der Waals surface area contributed by atoms with Crippen LogP contribution >= 0.6 is 11.3 Å². The van der Waals surface area contributed by atoms with E-state index in [1.165, 1.54) is 15.5 Å². The highest BCUT2D eigenvalue weighted by Gasteiger charge is 2.16. The Bertz CT molecular complexity index is 1090. The number of rotatable bonds is 6. The van der Waals surface area contributed by atoms with Crippen LogP contribution in [0.4, 0.5) is 0 Å². The van der Waals surface area contributed by atoms with Crippen LogP contribution in [-0.2, 0) is 11.3 Å². The van der Waals surface area contributed by atoms with Gasteiger partial charge >= 0.3 is 0 Å². The van der Waals surface area contributed by atoms with Gasteiger partial charge in [-0.05, 0) is 41.5 Å². The van der Waals surface area contributed by atoms with Crippen LogP contribution < -0.4 is 10.2 Å². The van der Waals surface area contributed by atoms with E-state index in [0.717, 1.165) is 27.5 Å². The van der Waals surface area contributed by atoms with Gasteiger partial charge in [-0.2, -0.15) is 0 Å². The van der Waals surface area contributed by atoms with Crippen LogP contribution in [0.2, 0.25) is 0 Å². The number of aromatic nitrogens is 1. The average Bonchev–Trinajstić information content (AvgIpc) is 3.09. The summed E-state index contributed by atoms with van der Waals surface area (Å²) < 4.78 is 1.19. The number of likely N-dealkylation sites (N-methyl/N-ethyl adjacent to an activating group) is 1. The molecular formula is C23H24N3OS+. The zero-order valence-electron chi connectivity index (χ0n) is 16.1. The number of nitrogens with one attached hydrogen (secondary N) is 2. The highest BCUT2D eigenvalue weighted by Crippen LogP contribution is 2.21. The second-order valence-electron chi connectivity index (χ2n) is 7.28. The van der Waals surface area contributed by atoms with E-state index in [9.17, 15) is 4.79 Å². The predicted octanol–water partition coefficient (Wildman–Crippen LogP) is 3.34. The van der Waals surface area contributed by atoms with Gasteiger partial charge in [0.15, 0.2) is 6.54 Å². The Morgan fingerprint density at radius 3 is 2.64 bits per heavy atom. The summed E-state index contributed by atoms with van der Waals surface area (Å²) in [5.41, 5.74) is 2.15. The molecule has 0 radical (unpaired) electrons. The van der Waals surface area contributed by atoms with Gasteiger partial charge in [0.2, 0.25) is 0 Å². The van der Waals surface area contributed by atoms with Crippen molar-refractivity contribution in [3.05, 3.63) is 77.3 Å². The molecule has 0 bridgehead atoms. The lowest BCUT2D eigenvalue weighted by Gasteiger charge is -2.17. The van der Waals surface area contributed by atoms with Gasteiger partial charge in [-0.25, -0.2) is 4.98 Å². The molecule has 0 saturated carbocycles. The fourth-order valence-corrected chi connectivity index (χ4v) is 4.52. The predicted molar refractivity (Wildman–Crippen MR) is 116 cm³/mol. The molecule has 0 saturated heterocycles. The molecule has 4 rings (SSSR count). The molecule has 1 heterocycles. The maximum Gasteiger partial charge on any atom is 0.275 e. The average molecular weight is 391 g/mol. The van der Waals surface area contributed by atoms with Crippen molar-refractivity contribution in [3.63, 3.8) is 0 Å². The maximum atomic E-state index is 12.5. The van der Waals surface area contributed by atoms with E-state index in [4.69, 9.17) is 0 Å². The van der Waals surface area contributed by atoms with Crippen molar-refractivity contribution in [2.24, 2.45) is 0 Å². The number of hydrogen-bond donors (Lipinski definition) is 2. The number of quaternary nitrogens is 1. The Labute approximate surface area is 168 Å². The largest absolute Gasteiger partial charge is 0.345 e. The molecule has 5 heteroatoms. The van der Waals surface area contributed by atoms with Crippen molar-refractivity contribution in [3.8, 4) is 0 Å². The summed E-state index contributed by atoms with van der Waals surface area (Å²) in [4.78, 5) is 18.3. The molecule has 0 aliphatic carbocycles. The van der Waals surface area contributed by atoms with Crippen LogP contribution in [0.3, 0.4) is 0 Å². The molecule has 0 fully saturated rings. The lowest BCUT2D eigenvalue weighted by atomic mass is 10.0. The van der Waals surface area contributed by atoms with E-state index in [2.05, 4.69) is 46.7 Å². The number of carbonyl (C=O) groups is 1. The number of hydrogen-bond acceptors (Lipinski definition) is 3. The quantitative estimate of drug-likeness (QED) is 0.530. The lowest BCUT2D eigenvalue weighted by Crippen LogP contribution is -3.08. The third kappa shape index (κ3) is 4.21. The minimum absolute atomic E-state index is 0.0210. The molecule has 142 valence electrons. The van der Waals surface area contributed by atoms with Gasteiger partial charge in [0, 0.05) is 0 Å². The van der Waals surface area contributed by atoms with Crippen LogP contribution in [0.5, 0.6) is 0 Å². The van der Waals surface area contributed by atoms with Gasteiger partial charge in [0.05, 0.1) is 23.3 Å². The van der Waals surface area contributed by atoms with Crippen LogP contribution in [0, 0.1) is 0 Å². The molecule has 0 aliphatic heterocycles. The molecule has 0 spiro atoms. The number of para-hydroxylation sites is 1. The van der Waals surface area contributed by atoms with Gasteiger partial charge in [0.25, 0.3) is 5.91 Å². The molecule has 1 unspecified atom stereocenters. The van der Waals surface area contributed by atoms with E-state index in [-0.39, 0.29) is 11.9 Å². The highest BCUT2D eigenvalue weighted by atomic mass is 32.1. The van der Waals surface area contributed by atoms with E-state index in [1.807, 2.05) is 44.3 Å². The standard InChI is InChI=1S/C23H23N3OS/c1-16(18-12-11-17-7-3-4-8-19(17)13-18)24-22(27)14-26(2)15-23-25-20-9-5-6-10-21(20)28-23/h3-13,16H,14-15H2,1-2H3,(H,24,27)/p+1/t16-/m0/s1. The van der Waals surface area contributed by atoms with Gasteiger partial charge in [0.1, 0.15) is 11.6 Å². The van der Waals surface area contributed by atoms with Crippen molar-refractivity contribution in [1.29, 1.82) is 0 Å². The normalized spacial score (nSPS) is 13.5. The zero-order valence-corrected chi connectivity index (χ0v) is 16.9. The summed E-state index contributed by atoms with van der Waals surface area (Å²) in [7, 11) is 2.03. The Kier molecular flexibility index (Phi) is 5.37. The third-order valence-electron chi connectivity index (χ3n) is 4.90. The van der Waals surface area contributed by atoms with Crippen LogP contribution in [0.15, 0.2) is 66.7 Å². The molecule has 28 heavy (non-hydrogen) atoms. The first kappa shape index (κ1) is 18.6. The van der Waals surface area contributed by atoms with E-state index >= 15 is 0 Å². The van der Waals surface area contributed by atoms with Crippen LogP contribution in [0.25, 0.3) is 21.0 Å². The number of amides is 1. The van der Waals surface area contributed by atoms with Gasteiger partial charge in [-0.3, -0.25) is 4.79 Å². The second kappa shape index (κ2) is 8.09. The van der Waals surface area contributed by atoms with Crippen LogP contribution in [0.1, 0.15) is 23.5 Å². The molecular weight excluding hydrogens is 366 g/mol. The molecule has 4 nitrogen and oxygen atoms in total. The van der Waals surface area contributed by atoms with Crippen molar-refractivity contribution in [2.75, 3.05) is 13.6 Å². The first-order chi connectivity index (χ1) is 13.6. The smallest absolute Gasteiger partial charge is 0.275 e. The minimum atomic E-state index is -0.0210. The fraction of sp³-hybridized carbons (Fsp3) is 0.217. The van der Waals surface area contributed by atoms with Crippen molar-refractivity contribution >= 4 is 38.2 Å². The Morgan fingerprint density at radius 2 is 1.82 bits per heavy atom. The van der Waals surface area contributed by atoms with Crippen LogP contribution in [-0.4, -0.2) is 24.5 Å². The summed E-state index contributed by atoms with van der Waals surface area (Å²) in [5.74, 6) is 0.0549. The Balaban J connectivity index is 1.35. The molecule has 2 atom stereocenters. The van der Waals surface area contributed by atoms with Gasteiger partial charge < -0.3 is 10.2 Å². The summed E-state index contributed by atoms with van der Waals surface area (Å²) in [5, 5.41) is 6.60. The number of carbonyl (C=O) groups excluding carboxylic acids is 1. The van der Waals surface area contributed by atoms with Gasteiger partial charge in [-0.1, -0.05) is 48.5 Å². The highest BCUT2D eigenvalue weighted by molar-refractivity contribution is 7.18. The molecule has 4 aromatic rings. The summed E-state index contributed by atoms with van der Waals surface area (Å²) in [6, 6.07) is 22.8. The Morgan fingerprint density at radius 1 is 1.07 bits per heavy atom. The third-order valence-corrected chi connectivity index (χ3v) is 5.94. The number of thiazole rings is 1. The van der Waals surface area contributed by atoms with E-state index in [1.54, 1.807) is 11.3 Å². The van der Waals surface area contributed by atoms with E-state index < -0.39 is 0 Å². The van der Waals surface area contributed by atoms with Crippen molar-refractivity contribution < 1.29 is 9.69 Å². The molecule has 1 amide bonds. The van der Waals surface area contributed by atoms with E-state index in [0.29, 0.717) is 6.54 Å². The molecule has 0 aliphatic rings. The first-order valence-electron chi connectivity index (χ1n) is 9.52. The molecule has 1 aromatic heterocycles. The second-order valence-corrected chi connectivity index (χ2v) is 8.40. The van der Waals surface area contributed by atoms with Gasteiger partial charge in [-0.15, -0.1) is 11.3 Å². The monoisotopic (exact) mass is 390 g/mol. The molecule has 2 N–H and O–H groups in total. The first-order valence-corrected chi connectivity index (χ1v) is 10.3. The maximum absolute atomic E-state index is 12.5. The SMILES string of the molecule is C[C@H](NC(=O)C[NH+](C)Cc1nc2ccccc2s1)c1ccc2ccccc2c1. The summed E-state index contributed by atoms with van der Waals surface area (Å²) in [6.07, 6.45) is 0. The fourth-order valence-electron chi connectivity index (χ4n) is 3.44. The van der Waals surface area contributed by atoms with Crippen molar-refractivity contribution in [1.82, 2.24) is 10.3 Å². The van der Waals surface area contributed by atoms with Crippen molar-refractivity contribution in [2.45, 2.75) is 19.5 Å². The number of nitrogens with zero attached hydrogens (tertiary/aromatic N) is 1. The zero-order chi connectivity index (χ0) is 19.5. The molecule has 3 aromatic carbocycles. The topological polar surface area (TPSA) is 46.4 Å². The Hall–Kier alpha value is -2.76. The number of benzene rings is 3. The minimum Gasteiger partial charge on any atom is -0.345 e.